The zero-order valence-electron chi connectivity index (χ0n) is 81.7. The number of pyridine rings is 5. The van der Waals surface area contributed by atoms with E-state index in [1.807, 2.05) is 100 Å². The number of Topliss-reactive ketones (excluding diaryl/α,β-unsaturated/α-hetero) is 2. The molecule has 6 amide bonds. The highest BCUT2D eigenvalue weighted by molar-refractivity contribution is 7.93. The maximum absolute atomic E-state index is 13.2. The second-order valence-corrected chi connectivity index (χ2v) is 37.9. The Kier molecular flexibility index (Phi) is 34.8. The van der Waals surface area contributed by atoms with Gasteiger partial charge >= 0.3 is 5.97 Å². The van der Waals surface area contributed by atoms with Crippen molar-refractivity contribution in [2.75, 3.05) is 59.7 Å². The minimum absolute atomic E-state index is 0.00479. The number of furan rings is 2. The first kappa shape index (κ1) is 107. The summed E-state index contributed by atoms with van der Waals surface area (Å²) >= 11 is 25.5. The highest BCUT2D eigenvalue weighted by atomic mass is 35.5. The Balaban J connectivity index is 0.000000145. The van der Waals surface area contributed by atoms with Crippen LogP contribution < -0.4 is 36.2 Å². The number of amides is 6. The first-order chi connectivity index (χ1) is 70.4. The lowest BCUT2D eigenvalue weighted by atomic mass is 10.0. The van der Waals surface area contributed by atoms with E-state index in [9.17, 15) is 56.7 Å². The van der Waals surface area contributed by atoms with E-state index in [4.69, 9.17) is 68.5 Å². The molecule has 754 valence electrons. The van der Waals surface area contributed by atoms with Crippen molar-refractivity contribution in [1.82, 2.24) is 70.7 Å². The molecule has 147 heavy (non-hydrogen) atoms. The monoisotopic (exact) mass is 2080 g/mol. The minimum atomic E-state index is -3.44. The van der Waals surface area contributed by atoms with Crippen molar-refractivity contribution in [1.29, 1.82) is 0 Å². The van der Waals surface area contributed by atoms with Crippen LogP contribution in [0, 0.1) is 34.6 Å². The number of sulfonamides is 1. The first-order valence-electron chi connectivity index (χ1n) is 46.1. The van der Waals surface area contributed by atoms with E-state index in [-0.39, 0.29) is 112 Å². The number of nitrogens with zero attached hydrogens (tertiary/aromatic N) is 11. The van der Waals surface area contributed by atoms with Gasteiger partial charge in [0.2, 0.25) is 56.9 Å². The minimum Gasteiger partial charge on any atom is -0.475 e. The summed E-state index contributed by atoms with van der Waals surface area (Å²) in [5.74, 6) is 1.47. The average Bonchev–Trinajstić information content (AvgIpc) is 1.61. The van der Waals surface area contributed by atoms with Crippen LogP contribution in [-0.2, 0) is 59.9 Å². The van der Waals surface area contributed by atoms with E-state index in [0.29, 0.717) is 153 Å². The maximum atomic E-state index is 13.2. The van der Waals surface area contributed by atoms with Gasteiger partial charge in [-0.1, -0.05) is 119 Å². The van der Waals surface area contributed by atoms with Gasteiger partial charge < -0.3 is 64.1 Å². The number of benzene rings is 5. The molecule has 0 aliphatic carbocycles. The number of hydrogen-bond donors (Lipinski definition) is 8. The van der Waals surface area contributed by atoms with Crippen molar-refractivity contribution < 1.29 is 78.8 Å². The zero-order valence-corrected chi connectivity index (χ0v) is 85.6. The summed E-state index contributed by atoms with van der Waals surface area (Å²) in [5.41, 5.74) is 13.9. The lowest BCUT2D eigenvalue weighted by molar-refractivity contribution is -0.117. The largest absolute Gasteiger partial charge is 0.475 e. The second-order valence-electron chi connectivity index (χ2n) is 34.3. The summed E-state index contributed by atoms with van der Waals surface area (Å²) in [6.07, 6.45) is 14.7. The molecule has 0 bridgehead atoms. The van der Waals surface area contributed by atoms with Gasteiger partial charge in [-0.15, -0.1) is 0 Å². The lowest BCUT2D eigenvalue weighted by Crippen LogP contribution is -2.26. The number of carbonyl (C=O) groups excluding carboxylic acids is 8. The van der Waals surface area contributed by atoms with Gasteiger partial charge in [0, 0.05) is 172 Å². The smallest absolute Gasteiger partial charge is 0.374 e. The predicted molar refractivity (Wildman–Crippen MR) is 559 cm³/mol. The van der Waals surface area contributed by atoms with E-state index in [2.05, 4.69) is 86.6 Å². The molecule has 13 heterocycles. The molecule has 0 radical (unpaired) electrons. The van der Waals surface area contributed by atoms with Crippen LogP contribution in [-0.4, -0.2) is 161 Å². The number of aromatic carboxylic acids is 1. The number of anilines is 4. The molecule has 2 fully saturated rings. The summed E-state index contributed by atoms with van der Waals surface area (Å²) < 4.78 is 56.0. The van der Waals surface area contributed by atoms with Gasteiger partial charge in [-0.05, 0) is 211 Å². The number of carboxylic acid groups (broad SMARTS) is 1. The van der Waals surface area contributed by atoms with E-state index in [1.54, 1.807) is 148 Å². The highest BCUT2D eigenvalue weighted by Gasteiger charge is 2.37. The summed E-state index contributed by atoms with van der Waals surface area (Å²) in [5, 5.41) is 27.6. The number of halogens is 4. The van der Waals surface area contributed by atoms with Crippen molar-refractivity contribution in [3.63, 3.8) is 0 Å². The van der Waals surface area contributed by atoms with Crippen LogP contribution in [0.1, 0.15) is 146 Å². The van der Waals surface area contributed by atoms with E-state index < -0.39 is 21.9 Å². The van der Waals surface area contributed by atoms with Crippen molar-refractivity contribution in [3.8, 4) is 114 Å². The fourth-order valence-electron chi connectivity index (χ4n) is 15.8. The van der Waals surface area contributed by atoms with Gasteiger partial charge in [0.1, 0.15) is 57.8 Å². The molecule has 40 heteroatoms. The number of carboxylic acids is 1. The fourth-order valence-corrected chi connectivity index (χ4v) is 18.2. The standard InChI is InChI=1S/C26H22ClN3O3.C23H23ClN4O4.C21H19ClN2O3.C19H17ClN4O3.C18H19N5O4S/c1-16-14-28-24(30-17(2)31)13-20(16)23-12-21(25(33-23)19-10-6-7-11-22(19)27)26(32)29-15-18-8-4-3-5-9-18;1-13-11-25-19(26-14(2)29)10-16(13)22-27-20(21(32-22)23(30)31)17-9-15(5-6-18(17)24)12-28-7-3-4-8-28;1-12-11-24-14(8-13(2)25)9-16(12)19-10-17(21(26)23-3)20(27-19)15-6-4-5-7-18(15)22;1-10-9-22-15(23-11(2)25)8-13(10)19-24-16(18(26)21-3)17(27-19)12-6-4-5-7-14(12)20;1-11-10-21-13(8-12(2)24)9-14(11)18-22-17(23-6-3-7-28(23,25)26)15(27-18)16-19-4-5-20-16/h3-14H,15H2,1-2H3,(H,29,32)(H,28,30,31);5-6,9-11H,3-4,7-8,12H2,1-2H3,(H,30,31)(H,25,26,29);4-7,9-11H,8H2,1-3H3,(H,23,26);4-9H,1-3H3,(H,21,26)(H,22,23,25);4-5,9-10H,3,6-8H2,1-2H3,(H,19,20). The number of ketones is 2. The third-order valence-corrected chi connectivity index (χ3v) is 26.0. The molecule has 0 atom stereocenters. The summed E-state index contributed by atoms with van der Waals surface area (Å²) in [7, 11) is -0.368. The van der Waals surface area contributed by atoms with Gasteiger partial charge in [-0.2, -0.15) is 4.98 Å². The zero-order chi connectivity index (χ0) is 105. The van der Waals surface area contributed by atoms with Crippen LogP contribution in [0.15, 0.2) is 229 Å². The Morgan fingerprint density at radius 3 is 1.35 bits per heavy atom. The van der Waals surface area contributed by atoms with Crippen LogP contribution in [0.5, 0.6) is 0 Å². The van der Waals surface area contributed by atoms with Crippen molar-refractivity contribution in [2.45, 2.75) is 114 Å². The normalized spacial score (nSPS) is 12.3. The predicted octanol–water partition coefficient (Wildman–Crippen LogP) is 20.7. The molecule has 0 unspecified atom stereocenters. The molecule has 2 aliphatic heterocycles. The number of imidazole rings is 1. The lowest BCUT2D eigenvalue weighted by Gasteiger charge is -2.15. The molecule has 0 spiro atoms. The van der Waals surface area contributed by atoms with Crippen molar-refractivity contribution >= 4 is 133 Å². The van der Waals surface area contributed by atoms with E-state index in [1.165, 1.54) is 58.8 Å². The Hall–Kier alpha value is -16.3. The van der Waals surface area contributed by atoms with Crippen LogP contribution in [0.3, 0.4) is 0 Å². The Morgan fingerprint density at radius 2 is 0.871 bits per heavy atom. The third-order valence-electron chi connectivity index (χ3n) is 22.9. The maximum Gasteiger partial charge on any atom is 0.374 e. The number of likely N-dealkylation sites (tertiary alicyclic amines) is 1. The van der Waals surface area contributed by atoms with Crippen molar-refractivity contribution in [3.05, 3.63) is 300 Å². The number of hydrogen-bond acceptors (Lipinski definition) is 26. The fraction of sp³-hybridized carbons (Fsp3) is 0.215. The van der Waals surface area contributed by atoms with E-state index >= 15 is 0 Å². The number of H-pyrrole nitrogens is 1. The number of aryl methyl sites for hydroxylation is 5. The van der Waals surface area contributed by atoms with Crippen LogP contribution in [0.25, 0.3) is 114 Å². The summed E-state index contributed by atoms with van der Waals surface area (Å²) in [4.78, 5) is 151. The van der Waals surface area contributed by atoms with Gasteiger partial charge in [-0.3, -0.25) is 57.5 Å². The molecule has 35 nitrogen and oxygen atoms in total. The number of rotatable bonds is 26. The van der Waals surface area contributed by atoms with Gasteiger partial charge in [0.05, 0.1) is 37.0 Å². The number of aromatic amines is 1. The first-order valence-corrected chi connectivity index (χ1v) is 49.2. The van der Waals surface area contributed by atoms with Gasteiger partial charge in [-0.25, -0.2) is 43.1 Å². The molecule has 16 aromatic rings. The number of oxazole rings is 3. The number of aromatic nitrogens is 10. The number of carbonyl (C=O) groups is 9. The topological polar surface area (TPSA) is 484 Å². The van der Waals surface area contributed by atoms with Crippen LogP contribution in [0.4, 0.5) is 23.3 Å². The average molecular weight is 2080 g/mol. The van der Waals surface area contributed by atoms with Gasteiger partial charge in [0.15, 0.2) is 23.1 Å². The molecule has 18 rings (SSSR count). The summed E-state index contributed by atoms with van der Waals surface area (Å²) in [6, 6.07) is 48.6. The molecule has 11 aromatic heterocycles. The number of nitrogens with one attached hydrogen (secondary N) is 7. The Bertz CT molecular complexity index is 7620. The third kappa shape index (κ3) is 26.5. The molecular weight excluding hydrogens is 1980 g/mol. The molecule has 8 N–H and O–H groups in total. The second kappa shape index (κ2) is 48.0. The van der Waals surface area contributed by atoms with E-state index in [0.717, 1.165) is 64.1 Å². The molecule has 2 saturated heterocycles. The molecule has 5 aromatic carbocycles. The Labute approximate surface area is 864 Å². The highest BCUT2D eigenvalue weighted by Crippen LogP contribution is 2.44. The molecule has 0 saturated carbocycles. The molecule has 2 aliphatic rings. The van der Waals surface area contributed by atoms with Crippen LogP contribution in [0.2, 0.25) is 20.1 Å². The van der Waals surface area contributed by atoms with Crippen molar-refractivity contribution in [2.24, 2.45) is 0 Å². The van der Waals surface area contributed by atoms with Gasteiger partial charge in [0.25, 0.3) is 17.7 Å². The Morgan fingerprint density at radius 1 is 0.429 bits per heavy atom. The molecular formula is C107H100Cl4N18O17S. The quantitative estimate of drug-likeness (QED) is 0.0250. The SMILES string of the molecule is CC(=O)Cc1cc(-c2nc(N3CCCS3(=O)=O)c(-c3ncc[nH]3)o2)c(C)cn1.CC(=O)Nc1cc(-c2cc(C(=O)NCc3ccccc3)c(-c3ccccc3Cl)o2)c(C)cn1.CC(=O)Nc1cc(-c2nc(-c3cc(CN4CCCC4)ccc3Cl)c(C(=O)O)o2)c(C)cn1.CNC(=O)c1cc(-c2cc(CC(C)=O)ncc2C)oc1-c1ccccc1Cl.CNC(=O)c1nc(-c2cc(NC(C)=O)ncc2C)oc1-c1ccccc1Cl. The summed E-state index contributed by atoms with van der Waals surface area (Å²) in [6.45, 7) is 20.0. The van der Waals surface area contributed by atoms with Crippen LogP contribution >= 0.6 is 46.4 Å².